The molecule has 5 nitrogen and oxygen atoms in total. The molecule has 0 bridgehead atoms. The molecule has 1 unspecified atom stereocenters. The van der Waals surface area contributed by atoms with Gasteiger partial charge in [0.05, 0.1) is 6.61 Å². The van der Waals surface area contributed by atoms with Gasteiger partial charge in [-0.1, -0.05) is 317 Å². The maximum Gasteiger partial charge on any atom is 0.306 e. The molecule has 0 saturated heterocycles. The first-order valence-corrected chi connectivity index (χ1v) is 33.1. The van der Waals surface area contributed by atoms with Gasteiger partial charge in [0.2, 0.25) is 0 Å². The van der Waals surface area contributed by atoms with Crippen LogP contribution in [0.2, 0.25) is 0 Å². The highest BCUT2D eigenvalue weighted by Crippen LogP contribution is 2.18. The van der Waals surface area contributed by atoms with E-state index in [4.69, 9.17) is 9.47 Å². The maximum atomic E-state index is 12.3. The van der Waals surface area contributed by atoms with Crippen LogP contribution in [0.25, 0.3) is 0 Å². The Morgan fingerprint density at radius 1 is 0.316 bits per heavy atom. The maximum absolute atomic E-state index is 12.3. The molecule has 0 heterocycles. The molecule has 76 heavy (non-hydrogen) atoms. The predicted octanol–water partition coefficient (Wildman–Crippen LogP) is 22.9. The van der Waals surface area contributed by atoms with E-state index < -0.39 is 6.10 Å². The molecule has 0 saturated carbocycles. The zero-order chi connectivity index (χ0) is 54.8. The minimum atomic E-state index is -0.778. The second-order valence-electron chi connectivity index (χ2n) is 22.2. The van der Waals surface area contributed by atoms with Gasteiger partial charge in [-0.05, 0) is 89.9 Å². The third kappa shape index (κ3) is 63.6. The van der Waals surface area contributed by atoms with Crippen molar-refractivity contribution in [3.63, 3.8) is 0 Å². The summed E-state index contributed by atoms with van der Waals surface area (Å²) in [6.45, 7) is 4.05. The summed E-state index contributed by atoms with van der Waals surface area (Å²) < 4.78 is 10.7. The van der Waals surface area contributed by atoms with Crippen LogP contribution in [0.3, 0.4) is 0 Å². The normalized spacial score (nSPS) is 12.7. The minimum Gasteiger partial charge on any atom is -0.462 e. The Morgan fingerprint density at radius 2 is 0.566 bits per heavy atom. The fourth-order valence-corrected chi connectivity index (χ4v) is 9.73. The zero-order valence-corrected chi connectivity index (χ0v) is 50.5. The Balaban J connectivity index is 3.42. The zero-order valence-electron chi connectivity index (χ0n) is 50.5. The van der Waals surface area contributed by atoms with Gasteiger partial charge in [-0.15, -0.1) is 0 Å². The fourth-order valence-electron chi connectivity index (χ4n) is 9.73. The summed E-state index contributed by atoms with van der Waals surface area (Å²) in [5, 5.41) is 9.68. The minimum absolute atomic E-state index is 0.0670. The Bertz CT molecular complexity index is 1380. The lowest BCUT2D eigenvalue weighted by molar-refractivity contribution is -0.161. The number of carbonyl (C=O) groups is 2. The van der Waals surface area contributed by atoms with E-state index in [0.717, 1.165) is 77.0 Å². The van der Waals surface area contributed by atoms with Crippen LogP contribution in [0.1, 0.15) is 335 Å². The van der Waals surface area contributed by atoms with Crippen molar-refractivity contribution >= 4 is 11.9 Å². The number of allylic oxidation sites excluding steroid dienone is 14. The van der Waals surface area contributed by atoms with Gasteiger partial charge >= 0.3 is 11.9 Å². The first-order chi connectivity index (χ1) is 37.6. The van der Waals surface area contributed by atoms with Crippen LogP contribution >= 0.6 is 0 Å². The number of aliphatic hydroxyl groups excluding tert-OH is 1. The highest BCUT2D eigenvalue weighted by molar-refractivity contribution is 5.70. The van der Waals surface area contributed by atoms with Crippen LogP contribution in [0.15, 0.2) is 85.1 Å². The smallest absolute Gasteiger partial charge is 0.306 e. The van der Waals surface area contributed by atoms with Gasteiger partial charge in [-0.25, -0.2) is 0 Å². The lowest BCUT2D eigenvalue weighted by Crippen LogP contribution is -2.28. The number of unbranched alkanes of at least 4 members (excludes halogenated alkanes) is 39. The summed E-state index contributed by atoms with van der Waals surface area (Å²) in [5.74, 6) is -0.584. The van der Waals surface area contributed by atoms with Crippen molar-refractivity contribution < 1.29 is 24.2 Å². The highest BCUT2D eigenvalue weighted by Gasteiger charge is 2.16. The first-order valence-electron chi connectivity index (χ1n) is 33.1. The van der Waals surface area contributed by atoms with Crippen molar-refractivity contribution in [2.24, 2.45) is 0 Å². The van der Waals surface area contributed by atoms with E-state index in [2.05, 4.69) is 98.9 Å². The van der Waals surface area contributed by atoms with Crippen LogP contribution in [0.5, 0.6) is 0 Å². The van der Waals surface area contributed by atoms with Gasteiger partial charge in [-0.3, -0.25) is 9.59 Å². The number of ether oxygens (including phenoxy) is 2. The van der Waals surface area contributed by atoms with Crippen molar-refractivity contribution in [1.29, 1.82) is 0 Å². The number of hydrogen-bond acceptors (Lipinski definition) is 5. The fraction of sp³-hybridized carbons (Fsp3) is 0.775. The Hall–Kier alpha value is -2.92. The summed E-state index contributed by atoms with van der Waals surface area (Å²) in [4.78, 5) is 24.6. The van der Waals surface area contributed by atoms with Gasteiger partial charge in [0.25, 0.3) is 0 Å². The van der Waals surface area contributed by atoms with E-state index in [-0.39, 0.29) is 25.2 Å². The van der Waals surface area contributed by atoms with Crippen LogP contribution < -0.4 is 0 Å². The summed E-state index contributed by atoms with van der Waals surface area (Å²) >= 11 is 0. The number of esters is 2. The third-order valence-electron chi connectivity index (χ3n) is 14.7. The van der Waals surface area contributed by atoms with E-state index in [1.165, 1.54) is 231 Å². The molecule has 0 aromatic carbocycles. The molecule has 0 rings (SSSR count). The number of rotatable bonds is 61. The topological polar surface area (TPSA) is 72.8 Å². The molecule has 0 amide bonds. The Kier molecular flexibility index (Phi) is 63.8. The molecule has 0 fully saturated rings. The lowest BCUT2D eigenvalue weighted by atomic mass is 10.0. The van der Waals surface area contributed by atoms with E-state index >= 15 is 0 Å². The van der Waals surface area contributed by atoms with Crippen LogP contribution in [0.4, 0.5) is 0 Å². The molecule has 0 radical (unpaired) electrons. The van der Waals surface area contributed by atoms with Crippen LogP contribution in [0, 0.1) is 0 Å². The summed E-state index contributed by atoms with van der Waals surface area (Å²) in [6.07, 6.45) is 93.2. The Labute approximate surface area is 473 Å². The summed E-state index contributed by atoms with van der Waals surface area (Å²) in [6, 6.07) is 0. The van der Waals surface area contributed by atoms with Gasteiger partial charge in [0.1, 0.15) is 6.61 Å². The lowest BCUT2D eigenvalue weighted by Gasteiger charge is -2.15. The van der Waals surface area contributed by atoms with Gasteiger partial charge in [0.15, 0.2) is 6.10 Å². The average Bonchev–Trinajstić information content (AvgIpc) is 3.42. The Morgan fingerprint density at radius 3 is 0.855 bits per heavy atom. The molecule has 0 aliphatic heterocycles. The van der Waals surface area contributed by atoms with Crippen molar-refractivity contribution in [2.75, 3.05) is 13.2 Å². The van der Waals surface area contributed by atoms with Crippen LogP contribution in [-0.4, -0.2) is 36.4 Å². The second kappa shape index (κ2) is 66.4. The van der Waals surface area contributed by atoms with E-state index in [1.807, 2.05) is 0 Å². The SMILES string of the molecule is CC/C=C\C/C=C\C/C=C\C/C=C\CCCCCCCCCCCCC(=O)OC(CO)COC(=O)CCCCCCCCCCCCCCCCCCCCCCCCCC/C=C\C/C=C\C/C=C\CCCCCCC. The molecule has 0 aromatic heterocycles. The third-order valence-corrected chi connectivity index (χ3v) is 14.7. The first kappa shape index (κ1) is 73.1. The molecule has 1 N–H and O–H groups in total. The van der Waals surface area contributed by atoms with Gasteiger partial charge in [-0.2, -0.15) is 0 Å². The van der Waals surface area contributed by atoms with E-state index in [1.54, 1.807) is 0 Å². The van der Waals surface area contributed by atoms with E-state index in [9.17, 15) is 14.7 Å². The largest absolute Gasteiger partial charge is 0.462 e. The molecular formula is C71H126O5. The molecule has 0 aliphatic carbocycles. The van der Waals surface area contributed by atoms with Crippen molar-refractivity contribution in [2.45, 2.75) is 341 Å². The number of aliphatic hydroxyl groups is 1. The second-order valence-corrected chi connectivity index (χ2v) is 22.2. The quantitative estimate of drug-likeness (QED) is 0.0373. The molecular weight excluding hydrogens is 933 g/mol. The molecule has 5 heteroatoms. The highest BCUT2D eigenvalue weighted by atomic mass is 16.6. The molecule has 0 spiro atoms. The van der Waals surface area contributed by atoms with Crippen LogP contribution in [-0.2, 0) is 19.1 Å². The monoisotopic (exact) mass is 1060 g/mol. The van der Waals surface area contributed by atoms with Gasteiger partial charge in [0, 0.05) is 12.8 Å². The predicted molar refractivity (Wildman–Crippen MR) is 334 cm³/mol. The molecule has 1 atom stereocenters. The molecule has 440 valence electrons. The van der Waals surface area contributed by atoms with Crippen molar-refractivity contribution in [1.82, 2.24) is 0 Å². The van der Waals surface area contributed by atoms with E-state index in [0.29, 0.717) is 12.8 Å². The number of hydrogen-bond donors (Lipinski definition) is 1. The van der Waals surface area contributed by atoms with Crippen molar-refractivity contribution in [3.05, 3.63) is 85.1 Å². The standard InChI is InChI=1S/C71H126O5/c1-3-5-7-9-11-13-15-17-19-21-23-25-27-28-29-30-31-32-33-34-35-36-37-38-39-40-41-42-44-45-47-49-51-53-55-57-59-61-63-65-70(73)75-68-69(67-72)76-71(74)66-64-62-60-58-56-54-52-50-48-46-43-26-24-22-20-18-16-14-12-10-8-6-4-2/h6,8,12,14-15,17-18,20-21,23-24,26-28,69,72H,3-5,7,9-11,13,16,19,22,25,29-68H2,1-2H3/b8-6-,14-12-,17-15-,20-18-,23-21-,26-24-,28-27-. The van der Waals surface area contributed by atoms with Crippen molar-refractivity contribution in [3.8, 4) is 0 Å². The average molecular weight is 1060 g/mol. The molecule has 0 aliphatic rings. The van der Waals surface area contributed by atoms with Gasteiger partial charge < -0.3 is 14.6 Å². The summed E-state index contributed by atoms with van der Waals surface area (Å²) in [5.41, 5.74) is 0. The summed E-state index contributed by atoms with van der Waals surface area (Å²) in [7, 11) is 0. The molecule has 0 aromatic rings. The number of carbonyl (C=O) groups excluding carboxylic acids is 2.